The molecule has 1 fully saturated rings. The highest BCUT2D eigenvalue weighted by molar-refractivity contribution is 8.18. The fourth-order valence-corrected chi connectivity index (χ4v) is 3.13. The molecule has 0 saturated carbocycles. The van der Waals surface area contributed by atoms with E-state index < -0.39 is 0 Å². The normalized spacial score (nSPS) is 17.0. The average molecular weight is 354 g/mol. The molecule has 1 heterocycles. The molecule has 3 rings (SSSR count). The summed E-state index contributed by atoms with van der Waals surface area (Å²) in [6.07, 6.45) is 1.83. The summed E-state index contributed by atoms with van der Waals surface area (Å²) >= 11 is 1.31. The smallest absolute Gasteiger partial charge is 0.264 e. The number of hydrogen-bond donors (Lipinski definition) is 1. The molecule has 0 atom stereocenters. The molecule has 1 aliphatic heterocycles. The first-order valence-corrected chi connectivity index (χ1v) is 8.66. The van der Waals surface area contributed by atoms with Gasteiger partial charge in [0.25, 0.3) is 5.91 Å². The van der Waals surface area contributed by atoms with E-state index in [1.165, 1.54) is 11.8 Å². The van der Waals surface area contributed by atoms with E-state index in [0.717, 1.165) is 11.3 Å². The summed E-state index contributed by atoms with van der Waals surface area (Å²) in [5.74, 6) is 1.31. The highest BCUT2D eigenvalue weighted by Gasteiger charge is 2.24. The molecule has 0 bridgehead atoms. The maximum Gasteiger partial charge on any atom is 0.264 e. The number of benzene rings is 2. The number of rotatable bonds is 5. The Morgan fingerprint density at radius 1 is 1.16 bits per heavy atom. The van der Waals surface area contributed by atoms with Gasteiger partial charge in [-0.3, -0.25) is 4.79 Å². The highest BCUT2D eigenvalue weighted by Crippen LogP contribution is 2.32. The van der Waals surface area contributed by atoms with Crippen LogP contribution in [0.4, 0.5) is 5.69 Å². The Balaban J connectivity index is 1.79. The minimum atomic E-state index is -0.160. The summed E-state index contributed by atoms with van der Waals surface area (Å²) < 4.78 is 10.7. The quantitative estimate of drug-likeness (QED) is 0.825. The molecule has 1 amide bonds. The molecule has 2 aromatic rings. The van der Waals surface area contributed by atoms with Crippen LogP contribution in [0.3, 0.4) is 0 Å². The fourth-order valence-electron chi connectivity index (χ4n) is 2.29. The second-order valence-corrected chi connectivity index (χ2v) is 6.19. The predicted molar refractivity (Wildman–Crippen MR) is 101 cm³/mol. The van der Waals surface area contributed by atoms with Crippen LogP contribution in [0.25, 0.3) is 6.08 Å². The van der Waals surface area contributed by atoms with Crippen molar-refractivity contribution in [1.29, 1.82) is 0 Å². The van der Waals surface area contributed by atoms with E-state index in [9.17, 15) is 4.79 Å². The van der Waals surface area contributed by atoms with Gasteiger partial charge in [0.15, 0.2) is 5.17 Å². The van der Waals surface area contributed by atoms with Crippen LogP contribution >= 0.6 is 11.8 Å². The van der Waals surface area contributed by atoms with Crippen molar-refractivity contribution < 1.29 is 14.3 Å². The number of carbonyl (C=O) groups is 1. The molecular formula is C19H18N2O3S. The van der Waals surface area contributed by atoms with Crippen molar-refractivity contribution in [2.24, 2.45) is 4.99 Å². The van der Waals surface area contributed by atoms with E-state index in [1.54, 1.807) is 7.11 Å². The van der Waals surface area contributed by atoms with E-state index in [-0.39, 0.29) is 5.91 Å². The number of thioether (sulfide) groups is 1. The van der Waals surface area contributed by atoms with Crippen LogP contribution in [-0.4, -0.2) is 24.8 Å². The molecule has 0 aromatic heterocycles. The van der Waals surface area contributed by atoms with Gasteiger partial charge in [0.1, 0.15) is 17.2 Å². The SMILES string of the molecule is CCOc1ccc(/C=C2\SC(=Nc3ccccc3OC)NC2=O)cc1. The van der Waals surface area contributed by atoms with Gasteiger partial charge in [-0.2, -0.15) is 0 Å². The van der Waals surface area contributed by atoms with E-state index in [4.69, 9.17) is 9.47 Å². The molecule has 25 heavy (non-hydrogen) atoms. The maximum atomic E-state index is 12.2. The second kappa shape index (κ2) is 7.90. The lowest BCUT2D eigenvalue weighted by molar-refractivity contribution is -0.115. The summed E-state index contributed by atoms with van der Waals surface area (Å²) in [6, 6.07) is 15.0. The largest absolute Gasteiger partial charge is 0.494 e. The van der Waals surface area contributed by atoms with Gasteiger partial charge in [-0.25, -0.2) is 4.99 Å². The van der Waals surface area contributed by atoms with Crippen molar-refractivity contribution in [1.82, 2.24) is 5.32 Å². The van der Waals surface area contributed by atoms with Crippen LogP contribution in [0.1, 0.15) is 12.5 Å². The van der Waals surface area contributed by atoms with Crippen molar-refractivity contribution in [3.63, 3.8) is 0 Å². The Hall–Kier alpha value is -2.73. The summed E-state index contributed by atoms with van der Waals surface area (Å²) in [7, 11) is 1.59. The summed E-state index contributed by atoms with van der Waals surface area (Å²) in [4.78, 5) is 17.2. The molecule has 1 aliphatic rings. The molecule has 6 heteroatoms. The van der Waals surface area contributed by atoms with Gasteiger partial charge in [-0.15, -0.1) is 0 Å². The van der Waals surface area contributed by atoms with Crippen molar-refractivity contribution in [2.45, 2.75) is 6.92 Å². The van der Waals surface area contributed by atoms with Crippen molar-refractivity contribution in [2.75, 3.05) is 13.7 Å². The van der Waals surface area contributed by atoms with Crippen molar-refractivity contribution >= 4 is 34.6 Å². The third-order valence-corrected chi connectivity index (χ3v) is 4.36. The van der Waals surface area contributed by atoms with Gasteiger partial charge < -0.3 is 14.8 Å². The Morgan fingerprint density at radius 3 is 2.64 bits per heavy atom. The first kappa shape index (κ1) is 17.1. The van der Waals surface area contributed by atoms with Crippen LogP contribution in [-0.2, 0) is 4.79 Å². The zero-order chi connectivity index (χ0) is 17.6. The van der Waals surface area contributed by atoms with Crippen LogP contribution < -0.4 is 14.8 Å². The molecule has 2 aromatic carbocycles. The lowest BCUT2D eigenvalue weighted by Crippen LogP contribution is -2.19. The first-order chi connectivity index (χ1) is 12.2. The number of amides is 1. The number of ether oxygens (including phenoxy) is 2. The summed E-state index contributed by atoms with van der Waals surface area (Å²) in [5.41, 5.74) is 1.61. The third kappa shape index (κ3) is 4.22. The van der Waals surface area contributed by atoms with Crippen LogP contribution in [0.5, 0.6) is 11.5 Å². The van der Waals surface area contributed by atoms with E-state index in [2.05, 4.69) is 10.3 Å². The Bertz CT molecular complexity index is 829. The van der Waals surface area contributed by atoms with E-state index >= 15 is 0 Å². The minimum absolute atomic E-state index is 0.160. The molecule has 128 valence electrons. The molecule has 5 nitrogen and oxygen atoms in total. The van der Waals surface area contributed by atoms with Crippen LogP contribution in [0.15, 0.2) is 58.4 Å². The number of amidine groups is 1. The van der Waals surface area contributed by atoms with Crippen molar-refractivity contribution in [3.05, 3.63) is 59.0 Å². The first-order valence-electron chi connectivity index (χ1n) is 7.85. The third-order valence-electron chi connectivity index (χ3n) is 3.45. The number of nitrogens with zero attached hydrogens (tertiary/aromatic N) is 1. The van der Waals surface area contributed by atoms with Gasteiger partial charge >= 0.3 is 0 Å². The predicted octanol–water partition coefficient (Wildman–Crippen LogP) is 3.99. The lowest BCUT2D eigenvalue weighted by atomic mass is 10.2. The van der Waals surface area contributed by atoms with Crippen molar-refractivity contribution in [3.8, 4) is 11.5 Å². The molecule has 0 radical (unpaired) electrons. The topological polar surface area (TPSA) is 59.9 Å². The minimum Gasteiger partial charge on any atom is -0.494 e. The Kier molecular flexibility index (Phi) is 5.40. The van der Waals surface area contributed by atoms with E-state index in [1.807, 2.05) is 61.5 Å². The monoisotopic (exact) mass is 354 g/mol. The van der Waals surface area contributed by atoms with Gasteiger partial charge in [-0.1, -0.05) is 24.3 Å². The van der Waals surface area contributed by atoms with E-state index in [0.29, 0.717) is 28.1 Å². The molecule has 0 aliphatic carbocycles. The second-order valence-electron chi connectivity index (χ2n) is 5.16. The Morgan fingerprint density at radius 2 is 1.92 bits per heavy atom. The number of carbonyl (C=O) groups excluding carboxylic acids is 1. The maximum absolute atomic E-state index is 12.2. The molecule has 0 unspecified atom stereocenters. The number of para-hydroxylation sites is 2. The van der Waals surface area contributed by atoms with Gasteiger partial charge in [0, 0.05) is 0 Å². The molecule has 1 saturated heterocycles. The molecular weight excluding hydrogens is 336 g/mol. The number of methoxy groups -OCH3 is 1. The number of aliphatic imine (C=N–C) groups is 1. The summed E-state index contributed by atoms with van der Waals surface area (Å²) in [5, 5.41) is 3.32. The lowest BCUT2D eigenvalue weighted by Gasteiger charge is -2.03. The fraction of sp³-hybridized carbons (Fsp3) is 0.158. The number of nitrogens with one attached hydrogen (secondary N) is 1. The summed E-state index contributed by atoms with van der Waals surface area (Å²) in [6.45, 7) is 2.57. The zero-order valence-electron chi connectivity index (χ0n) is 14.0. The van der Waals surface area contributed by atoms with Gasteiger partial charge in [-0.05, 0) is 54.6 Å². The molecule has 1 N–H and O–H groups in total. The van der Waals surface area contributed by atoms with Gasteiger partial charge in [0.2, 0.25) is 0 Å². The highest BCUT2D eigenvalue weighted by atomic mass is 32.2. The number of hydrogen-bond acceptors (Lipinski definition) is 5. The average Bonchev–Trinajstić information content (AvgIpc) is 2.96. The van der Waals surface area contributed by atoms with Crippen LogP contribution in [0.2, 0.25) is 0 Å². The standard InChI is InChI=1S/C19H18N2O3S/c1-3-24-14-10-8-13(9-11-14)12-17-18(22)21-19(25-17)20-15-6-4-5-7-16(15)23-2/h4-12H,3H2,1-2H3,(H,20,21,22)/b17-12-. The Labute approximate surface area is 150 Å². The van der Waals surface area contributed by atoms with Crippen LogP contribution in [0, 0.1) is 0 Å². The molecule has 0 spiro atoms. The zero-order valence-corrected chi connectivity index (χ0v) is 14.8. The van der Waals surface area contributed by atoms with Gasteiger partial charge in [0.05, 0.1) is 18.6 Å².